The van der Waals surface area contributed by atoms with E-state index in [0.29, 0.717) is 6.07 Å². The zero-order valence-corrected chi connectivity index (χ0v) is 14.9. The van der Waals surface area contributed by atoms with Gasteiger partial charge in [-0.05, 0) is 37.6 Å². The van der Waals surface area contributed by atoms with E-state index < -0.39 is 23.4 Å². The minimum Gasteiger partial charge on any atom is -0.331 e. The van der Waals surface area contributed by atoms with Crippen LogP contribution in [0.2, 0.25) is 0 Å². The largest absolute Gasteiger partial charge is 0.331 e. The number of carbonyl (C=O) groups is 2. The molecule has 2 heterocycles. The number of carbonyl (C=O) groups excluding carboxylic acids is 2. The number of amides is 2. The fourth-order valence-electron chi connectivity index (χ4n) is 3.02. The average Bonchev–Trinajstić information content (AvgIpc) is 3.10. The molecule has 0 spiro atoms. The van der Waals surface area contributed by atoms with Crippen molar-refractivity contribution in [1.29, 1.82) is 0 Å². The molecule has 1 aromatic carbocycles. The van der Waals surface area contributed by atoms with Crippen molar-refractivity contribution in [3.63, 3.8) is 0 Å². The van der Waals surface area contributed by atoms with Gasteiger partial charge in [-0.1, -0.05) is 0 Å². The Kier molecular flexibility index (Phi) is 5.80. The van der Waals surface area contributed by atoms with Crippen molar-refractivity contribution >= 4 is 17.5 Å². The first-order valence-corrected chi connectivity index (χ1v) is 8.69. The summed E-state index contributed by atoms with van der Waals surface area (Å²) in [6, 6.07) is 4.54. The molecule has 1 aliphatic heterocycles. The normalized spacial score (nSPS) is 16.8. The number of hydrogen-bond donors (Lipinski definition) is 2. The fourth-order valence-corrected chi connectivity index (χ4v) is 3.02. The standard InChI is InChI=1S/C18H21F2N5O2/c1-24(11-17(26)22-14-8-12(19)7-13(20)9-14)18(27)16-4-6-25(23-16)15-3-2-5-21-10-15/h4,6-9,15,21H,2-3,5,10-11H2,1H3,(H,22,26). The Morgan fingerprint density at radius 3 is 2.74 bits per heavy atom. The average molecular weight is 377 g/mol. The fraction of sp³-hybridized carbons (Fsp3) is 0.389. The third-order valence-corrected chi connectivity index (χ3v) is 4.35. The van der Waals surface area contributed by atoms with E-state index in [1.165, 1.54) is 11.9 Å². The van der Waals surface area contributed by atoms with Crippen molar-refractivity contribution in [2.45, 2.75) is 18.9 Å². The maximum Gasteiger partial charge on any atom is 0.274 e. The first kappa shape index (κ1) is 19.0. The third-order valence-electron chi connectivity index (χ3n) is 4.35. The van der Waals surface area contributed by atoms with Crippen LogP contribution in [0.3, 0.4) is 0 Å². The van der Waals surface area contributed by atoms with Crippen LogP contribution in [0.4, 0.5) is 14.5 Å². The van der Waals surface area contributed by atoms with E-state index in [2.05, 4.69) is 15.7 Å². The summed E-state index contributed by atoms with van der Waals surface area (Å²) in [5, 5.41) is 9.98. The third kappa shape index (κ3) is 4.88. The van der Waals surface area contributed by atoms with E-state index >= 15 is 0 Å². The van der Waals surface area contributed by atoms with Gasteiger partial charge in [0.25, 0.3) is 5.91 Å². The van der Waals surface area contributed by atoms with Crippen LogP contribution >= 0.6 is 0 Å². The van der Waals surface area contributed by atoms with Gasteiger partial charge in [0.2, 0.25) is 5.91 Å². The molecule has 1 atom stereocenters. The van der Waals surface area contributed by atoms with Gasteiger partial charge in [-0.2, -0.15) is 5.10 Å². The van der Waals surface area contributed by atoms with E-state index in [9.17, 15) is 18.4 Å². The molecule has 7 nitrogen and oxygen atoms in total. The summed E-state index contributed by atoms with van der Waals surface area (Å²) in [5.41, 5.74) is 0.236. The van der Waals surface area contributed by atoms with Gasteiger partial charge in [0, 0.05) is 31.5 Å². The molecule has 0 saturated carbocycles. The molecule has 0 aliphatic carbocycles. The quantitative estimate of drug-likeness (QED) is 0.833. The highest BCUT2D eigenvalue weighted by Crippen LogP contribution is 2.16. The summed E-state index contributed by atoms with van der Waals surface area (Å²) in [4.78, 5) is 25.7. The molecule has 2 N–H and O–H groups in total. The maximum atomic E-state index is 13.2. The van der Waals surface area contributed by atoms with Crippen molar-refractivity contribution in [1.82, 2.24) is 20.0 Å². The van der Waals surface area contributed by atoms with Gasteiger partial charge in [0.1, 0.15) is 17.3 Å². The lowest BCUT2D eigenvalue weighted by atomic mass is 10.1. The van der Waals surface area contributed by atoms with Crippen molar-refractivity contribution in [3.05, 3.63) is 47.8 Å². The first-order valence-electron chi connectivity index (χ1n) is 8.69. The second kappa shape index (κ2) is 8.26. The van der Waals surface area contributed by atoms with E-state index in [-0.39, 0.29) is 24.0 Å². The van der Waals surface area contributed by atoms with Gasteiger partial charge in [-0.25, -0.2) is 8.78 Å². The predicted molar refractivity (Wildman–Crippen MR) is 95.3 cm³/mol. The highest BCUT2D eigenvalue weighted by Gasteiger charge is 2.21. The molecule has 0 radical (unpaired) electrons. The molecule has 0 bridgehead atoms. The zero-order chi connectivity index (χ0) is 19.4. The minimum atomic E-state index is -0.794. The van der Waals surface area contributed by atoms with Crippen LogP contribution in [0.15, 0.2) is 30.5 Å². The number of piperidine rings is 1. The molecule has 1 aromatic heterocycles. The Balaban J connectivity index is 1.58. The van der Waals surface area contributed by atoms with E-state index in [4.69, 9.17) is 0 Å². The molecule has 9 heteroatoms. The van der Waals surface area contributed by atoms with E-state index in [1.54, 1.807) is 16.9 Å². The monoisotopic (exact) mass is 377 g/mol. The smallest absolute Gasteiger partial charge is 0.274 e. The summed E-state index contributed by atoms with van der Waals surface area (Å²) in [6.45, 7) is 1.52. The van der Waals surface area contributed by atoms with Gasteiger partial charge in [-0.3, -0.25) is 14.3 Å². The molecule has 1 unspecified atom stereocenters. The van der Waals surface area contributed by atoms with Crippen molar-refractivity contribution in [3.8, 4) is 0 Å². The highest BCUT2D eigenvalue weighted by molar-refractivity contribution is 5.98. The van der Waals surface area contributed by atoms with Crippen LogP contribution in [0.5, 0.6) is 0 Å². The number of anilines is 1. The van der Waals surface area contributed by atoms with Gasteiger partial charge >= 0.3 is 0 Å². The number of halogens is 2. The Bertz CT molecular complexity index is 813. The molecule has 1 saturated heterocycles. The topological polar surface area (TPSA) is 79.3 Å². The molecule has 3 rings (SSSR count). The zero-order valence-electron chi connectivity index (χ0n) is 14.9. The number of nitrogens with zero attached hydrogens (tertiary/aromatic N) is 3. The molecule has 1 aliphatic rings. The summed E-state index contributed by atoms with van der Waals surface area (Å²) >= 11 is 0. The summed E-state index contributed by atoms with van der Waals surface area (Å²) < 4.78 is 28.1. The van der Waals surface area contributed by atoms with Crippen LogP contribution in [-0.4, -0.2) is 53.2 Å². The highest BCUT2D eigenvalue weighted by atomic mass is 19.1. The van der Waals surface area contributed by atoms with Gasteiger partial charge in [-0.15, -0.1) is 0 Å². The number of benzene rings is 1. The minimum absolute atomic E-state index is 0.00701. The molecule has 1 fully saturated rings. The lowest BCUT2D eigenvalue weighted by Crippen LogP contribution is -2.35. The van der Waals surface area contributed by atoms with Crippen molar-refractivity contribution in [2.75, 3.05) is 32.0 Å². The lowest BCUT2D eigenvalue weighted by Gasteiger charge is -2.23. The van der Waals surface area contributed by atoms with Gasteiger partial charge in [0.15, 0.2) is 0 Å². The molecule has 27 heavy (non-hydrogen) atoms. The molecule has 2 aromatic rings. The second-order valence-corrected chi connectivity index (χ2v) is 6.55. The van der Waals surface area contributed by atoms with Crippen molar-refractivity contribution < 1.29 is 18.4 Å². The van der Waals surface area contributed by atoms with Crippen LogP contribution < -0.4 is 10.6 Å². The second-order valence-electron chi connectivity index (χ2n) is 6.55. The Morgan fingerprint density at radius 2 is 2.07 bits per heavy atom. The molecule has 144 valence electrons. The lowest BCUT2D eigenvalue weighted by molar-refractivity contribution is -0.116. The molecule has 2 amide bonds. The first-order chi connectivity index (χ1) is 12.9. The van der Waals surface area contributed by atoms with Crippen LogP contribution in [0.1, 0.15) is 29.4 Å². The molecular weight excluding hydrogens is 356 g/mol. The summed E-state index contributed by atoms with van der Waals surface area (Å²) in [7, 11) is 1.47. The Labute approximate surface area is 155 Å². The number of hydrogen-bond acceptors (Lipinski definition) is 4. The van der Waals surface area contributed by atoms with E-state index in [1.807, 2.05) is 0 Å². The van der Waals surface area contributed by atoms with Gasteiger partial charge < -0.3 is 15.5 Å². The maximum absolute atomic E-state index is 13.2. The van der Waals surface area contributed by atoms with Crippen LogP contribution in [0.25, 0.3) is 0 Å². The number of rotatable bonds is 5. The Hall–Kier alpha value is -2.81. The van der Waals surface area contributed by atoms with Crippen LogP contribution in [0, 0.1) is 11.6 Å². The number of likely N-dealkylation sites (N-methyl/N-ethyl adjacent to an activating group) is 1. The van der Waals surface area contributed by atoms with Crippen molar-refractivity contribution in [2.24, 2.45) is 0 Å². The summed E-state index contributed by atoms with van der Waals surface area (Å²) in [5.74, 6) is -2.56. The number of aromatic nitrogens is 2. The van der Waals surface area contributed by atoms with Gasteiger partial charge in [0.05, 0.1) is 12.6 Å². The SMILES string of the molecule is CN(CC(=O)Nc1cc(F)cc(F)c1)C(=O)c1ccn(C2CCCNC2)n1. The van der Waals surface area contributed by atoms with E-state index in [0.717, 1.165) is 38.1 Å². The summed E-state index contributed by atoms with van der Waals surface area (Å²) in [6.07, 6.45) is 3.80. The van der Waals surface area contributed by atoms with Crippen LogP contribution in [-0.2, 0) is 4.79 Å². The Morgan fingerprint density at radius 1 is 1.33 bits per heavy atom. The number of nitrogens with one attached hydrogen (secondary N) is 2. The molecular formula is C18H21F2N5O2. The predicted octanol–water partition coefficient (Wildman–Crippen LogP) is 1.80.